The van der Waals surface area contributed by atoms with Crippen molar-refractivity contribution in [3.8, 4) is 0 Å². The minimum atomic E-state index is -0.334. The molecular weight excluding hydrogens is 240 g/mol. The van der Waals surface area contributed by atoms with Gasteiger partial charge in [0.15, 0.2) is 5.78 Å². The van der Waals surface area contributed by atoms with Crippen molar-refractivity contribution >= 4 is 11.5 Å². The monoisotopic (exact) mass is 262 g/mol. The molecule has 104 valence electrons. The van der Waals surface area contributed by atoms with Gasteiger partial charge >= 0.3 is 0 Å². The summed E-state index contributed by atoms with van der Waals surface area (Å²) in [6.45, 7) is 5.36. The number of nitrogens with zero attached hydrogens (tertiary/aromatic N) is 1. The van der Waals surface area contributed by atoms with E-state index in [0.29, 0.717) is 12.8 Å². The average Bonchev–Trinajstić information content (AvgIpc) is 2.48. The molecular formula is C15H22N2O2. The van der Waals surface area contributed by atoms with Crippen molar-refractivity contribution in [2.75, 3.05) is 31.2 Å². The van der Waals surface area contributed by atoms with E-state index in [1.54, 1.807) is 0 Å². The highest BCUT2D eigenvalue weighted by Crippen LogP contribution is 2.17. The Balaban J connectivity index is 1.96. The number of hydrogen-bond donors (Lipinski definition) is 1. The third kappa shape index (κ3) is 3.78. The Morgan fingerprint density at radius 2 is 1.95 bits per heavy atom. The summed E-state index contributed by atoms with van der Waals surface area (Å²) in [5, 5.41) is 0. The molecule has 0 aliphatic carbocycles. The highest BCUT2D eigenvalue weighted by molar-refractivity contribution is 5.85. The van der Waals surface area contributed by atoms with Crippen LogP contribution in [0.4, 0.5) is 5.69 Å². The molecule has 1 aromatic carbocycles. The van der Waals surface area contributed by atoms with Gasteiger partial charge in [-0.15, -0.1) is 0 Å². The van der Waals surface area contributed by atoms with Crippen LogP contribution in [0.3, 0.4) is 0 Å². The lowest BCUT2D eigenvalue weighted by molar-refractivity contribution is -0.119. The van der Waals surface area contributed by atoms with Gasteiger partial charge in [-0.05, 0) is 24.1 Å². The Kier molecular flexibility index (Phi) is 4.93. The molecule has 2 N–H and O–H groups in total. The molecule has 0 aromatic heterocycles. The van der Waals surface area contributed by atoms with E-state index < -0.39 is 0 Å². The van der Waals surface area contributed by atoms with Crippen molar-refractivity contribution in [2.45, 2.75) is 25.8 Å². The van der Waals surface area contributed by atoms with Gasteiger partial charge in [0, 0.05) is 25.2 Å². The number of ketones is 1. The summed E-state index contributed by atoms with van der Waals surface area (Å²) < 4.78 is 5.34. The predicted molar refractivity (Wildman–Crippen MR) is 76.5 cm³/mol. The van der Waals surface area contributed by atoms with Gasteiger partial charge in [0.2, 0.25) is 0 Å². The number of carbonyl (C=O) groups is 1. The third-order valence-corrected chi connectivity index (χ3v) is 3.54. The number of rotatable bonds is 5. The van der Waals surface area contributed by atoms with E-state index in [1.165, 1.54) is 5.69 Å². The van der Waals surface area contributed by atoms with E-state index in [-0.39, 0.29) is 11.8 Å². The molecule has 4 heteroatoms. The molecule has 0 saturated carbocycles. The first-order valence-corrected chi connectivity index (χ1v) is 6.90. The lowest BCUT2D eigenvalue weighted by atomic mass is 10.0. The van der Waals surface area contributed by atoms with E-state index in [9.17, 15) is 4.79 Å². The van der Waals surface area contributed by atoms with Crippen LogP contribution in [-0.4, -0.2) is 38.1 Å². The van der Waals surface area contributed by atoms with Gasteiger partial charge in [-0.25, -0.2) is 0 Å². The zero-order chi connectivity index (χ0) is 13.7. The Labute approximate surface area is 114 Å². The van der Waals surface area contributed by atoms with Crippen molar-refractivity contribution in [1.82, 2.24) is 0 Å². The molecule has 0 amide bonds. The number of nitrogens with two attached hydrogens (primary N) is 1. The fourth-order valence-corrected chi connectivity index (χ4v) is 2.21. The maximum atomic E-state index is 11.8. The Morgan fingerprint density at radius 1 is 1.32 bits per heavy atom. The second kappa shape index (κ2) is 6.68. The number of morpholine rings is 1. The Morgan fingerprint density at radius 3 is 2.53 bits per heavy atom. The van der Waals surface area contributed by atoms with Crippen LogP contribution in [-0.2, 0) is 16.0 Å². The second-order valence-electron chi connectivity index (χ2n) is 4.92. The van der Waals surface area contributed by atoms with Crippen LogP contribution < -0.4 is 10.6 Å². The quantitative estimate of drug-likeness (QED) is 0.871. The maximum absolute atomic E-state index is 11.8. The number of carbonyl (C=O) groups excluding carboxylic acids is 1. The SMILES string of the molecule is CCC(N)C(=O)Cc1ccc(N2CCOCC2)cc1. The lowest BCUT2D eigenvalue weighted by Crippen LogP contribution is -2.36. The van der Waals surface area contributed by atoms with E-state index >= 15 is 0 Å². The summed E-state index contributed by atoms with van der Waals surface area (Å²) in [5.41, 5.74) is 7.97. The molecule has 19 heavy (non-hydrogen) atoms. The number of ether oxygens (including phenoxy) is 1. The Bertz CT molecular complexity index is 411. The van der Waals surface area contributed by atoms with Crippen LogP contribution in [0.1, 0.15) is 18.9 Å². The number of anilines is 1. The van der Waals surface area contributed by atoms with Gasteiger partial charge in [0.1, 0.15) is 0 Å². The van der Waals surface area contributed by atoms with Crippen molar-refractivity contribution in [1.29, 1.82) is 0 Å². The topological polar surface area (TPSA) is 55.6 Å². The number of benzene rings is 1. The van der Waals surface area contributed by atoms with Gasteiger partial charge in [0.25, 0.3) is 0 Å². The summed E-state index contributed by atoms with van der Waals surface area (Å²) in [7, 11) is 0. The summed E-state index contributed by atoms with van der Waals surface area (Å²) in [6.07, 6.45) is 1.13. The summed E-state index contributed by atoms with van der Waals surface area (Å²) in [4.78, 5) is 14.1. The summed E-state index contributed by atoms with van der Waals surface area (Å²) in [5.74, 6) is 0.113. The fourth-order valence-electron chi connectivity index (χ4n) is 2.21. The van der Waals surface area contributed by atoms with Crippen LogP contribution in [0.15, 0.2) is 24.3 Å². The molecule has 1 heterocycles. The smallest absolute Gasteiger partial charge is 0.153 e. The molecule has 1 fully saturated rings. The normalized spacial score (nSPS) is 17.3. The van der Waals surface area contributed by atoms with Gasteiger partial charge in [-0.3, -0.25) is 4.79 Å². The molecule has 4 nitrogen and oxygen atoms in total. The lowest BCUT2D eigenvalue weighted by Gasteiger charge is -2.28. The predicted octanol–water partition coefficient (Wildman–Crippen LogP) is 1.37. The molecule has 1 aromatic rings. The average molecular weight is 262 g/mol. The van der Waals surface area contributed by atoms with Crippen LogP contribution in [0.2, 0.25) is 0 Å². The van der Waals surface area contributed by atoms with Crippen LogP contribution >= 0.6 is 0 Å². The highest BCUT2D eigenvalue weighted by atomic mass is 16.5. The number of Topliss-reactive ketones (excluding diaryl/α,β-unsaturated/α-hetero) is 1. The van der Waals surface area contributed by atoms with Crippen LogP contribution in [0, 0.1) is 0 Å². The molecule has 1 aliphatic rings. The molecule has 1 unspecified atom stereocenters. The largest absolute Gasteiger partial charge is 0.378 e. The molecule has 1 aliphatic heterocycles. The maximum Gasteiger partial charge on any atom is 0.153 e. The molecule has 1 saturated heterocycles. The first-order valence-electron chi connectivity index (χ1n) is 6.90. The highest BCUT2D eigenvalue weighted by Gasteiger charge is 2.13. The van der Waals surface area contributed by atoms with Crippen LogP contribution in [0.5, 0.6) is 0 Å². The van der Waals surface area contributed by atoms with Gasteiger partial charge in [-0.2, -0.15) is 0 Å². The molecule has 2 rings (SSSR count). The fraction of sp³-hybridized carbons (Fsp3) is 0.533. The molecule has 0 radical (unpaired) electrons. The van der Waals surface area contributed by atoms with E-state index in [4.69, 9.17) is 10.5 Å². The van der Waals surface area contributed by atoms with E-state index in [2.05, 4.69) is 17.0 Å². The van der Waals surface area contributed by atoms with Crippen molar-refractivity contribution < 1.29 is 9.53 Å². The summed E-state index contributed by atoms with van der Waals surface area (Å²) in [6, 6.07) is 7.85. The number of hydrogen-bond acceptors (Lipinski definition) is 4. The minimum absolute atomic E-state index is 0.113. The van der Waals surface area contributed by atoms with Crippen molar-refractivity contribution in [3.63, 3.8) is 0 Å². The van der Waals surface area contributed by atoms with Crippen LogP contribution in [0.25, 0.3) is 0 Å². The van der Waals surface area contributed by atoms with E-state index in [1.807, 2.05) is 19.1 Å². The van der Waals surface area contributed by atoms with Gasteiger partial charge < -0.3 is 15.4 Å². The summed E-state index contributed by atoms with van der Waals surface area (Å²) >= 11 is 0. The van der Waals surface area contributed by atoms with E-state index in [0.717, 1.165) is 31.9 Å². The zero-order valence-electron chi connectivity index (χ0n) is 11.5. The minimum Gasteiger partial charge on any atom is -0.378 e. The van der Waals surface area contributed by atoms with Gasteiger partial charge in [-0.1, -0.05) is 19.1 Å². The molecule has 0 spiro atoms. The zero-order valence-corrected chi connectivity index (χ0v) is 11.5. The standard InChI is InChI=1S/C15H22N2O2/c1-2-14(16)15(18)11-12-3-5-13(6-4-12)17-7-9-19-10-8-17/h3-6,14H,2,7-11,16H2,1H3. The van der Waals surface area contributed by atoms with Gasteiger partial charge in [0.05, 0.1) is 19.3 Å². The van der Waals surface area contributed by atoms with Crippen molar-refractivity contribution in [2.24, 2.45) is 5.73 Å². The molecule has 1 atom stereocenters. The first-order chi connectivity index (χ1) is 9.20. The Hall–Kier alpha value is -1.39. The second-order valence-corrected chi connectivity index (χ2v) is 4.92. The molecule has 0 bridgehead atoms. The first kappa shape index (κ1) is 14.0. The third-order valence-electron chi connectivity index (χ3n) is 3.54. The van der Waals surface area contributed by atoms with Crippen molar-refractivity contribution in [3.05, 3.63) is 29.8 Å².